The summed E-state index contributed by atoms with van der Waals surface area (Å²) in [4.78, 5) is 56.9. The summed E-state index contributed by atoms with van der Waals surface area (Å²) in [5.41, 5.74) is 4.02. The number of hydrogen-bond acceptors (Lipinski definition) is 6. The first-order valence-corrected chi connectivity index (χ1v) is 15.3. The highest BCUT2D eigenvalue weighted by Gasteiger charge is 2.43. The molecule has 4 aromatic rings. The number of anilines is 3. The minimum Gasteiger partial charge on any atom is -0.371 e. The smallest absolute Gasteiger partial charge is 0.335 e. The van der Waals surface area contributed by atoms with Gasteiger partial charge in [-0.25, -0.2) is 14.1 Å². The van der Waals surface area contributed by atoms with Crippen molar-refractivity contribution >= 4 is 40.8 Å². The van der Waals surface area contributed by atoms with Gasteiger partial charge in [0.1, 0.15) is 23.0 Å². The normalized spacial score (nSPS) is 19.8. The molecule has 5 amide bonds. The molecule has 232 valence electrons. The van der Waals surface area contributed by atoms with Crippen LogP contribution in [0.1, 0.15) is 46.9 Å². The number of nitrogens with one attached hydrogen (secondary N) is 2. The highest BCUT2D eigenvalue weighted by molar-refractivity contribution is 6.40. The number of carbonyl (C=O) groups is 4. The van der Waals surface area contributed by atoms with Crippen LogP contribution in [-0.2, 0) is 14.4 Å². The number of nitriles is 1. The van der Waals surface area contributed by atoms with Crippen LogP contribution >= 0.6 is 0 Å². The third-order valence-electron chi connectivity index (χ3n) is 9.02. The van der Waals surface area contributed by atoms with Crippen molar-refractivity contribution in [1.29, 1.82) is 5.26 Å². The second-order valence-corrected chi connectivity index (χ2v) is 11.7. The molecular formula is C37H28FN5O4. The summed E-state index contributed by atoms with van der Waals surface area (Å²) in [5, 5.41) is 14.5. The lowest BCUT2D eigenvalue weighted by Gasteiger charge is -2.44. The van der Waals surface area contributed by atoms with Gasteiger partial charge in [-0.15, -0.1) is 0 Å². The van der Waals surface area contributed by atoms with Crippen molar-refractivity contribution in [2.24, 2.45) is 0 Å². The van der Waals surface area contributed by atoms with Crippen LogP contribution in [0.3, 0.4) is 0 Å². The first-order valence-electron chi connectivity index (χ1n) is 15.3. The molecule has 9 nitrogen and oxygen atoms in total. The maximum atomic E-state index is 14.1. The number of barbiturate groups is 1. The predicted octanol–water partition coefficient (Wildman–Crippen LogP) is 5.74. The average molecular weight is 626 g/mol. The maximum absolute atomic E-state index is 14.1. The SMILES string of the molecule is N#C/C(C(=O)Nc1ccc(F)cc1)=C1/C(=O)NC(=O)N(c2cc3c4c(c2)[C@H](c2ccccc2)CCN4CC[C@@H]3c2ccccc2)C1=O. The zero-order valence-corrected chi connectivity index (χ0v) is 25.1. The number of rotatable bonds is 5. The first kappa shape index (κ1) is 29.6. The highest BCUT2D eigenvalue weighted by Crippen LogP contribution is 2.50. The average Bonchev–Trinajstić information content (AvgIpc) is 3.08. The predicted molar refractivity (Wildman–Crippen MR) is 173 cm³/mol. The summed E-state index contributed by atoms with van der Waals surface area (Å²) in [6, 6.07) is 29.2. The number of urea groups is 1. The standard InChI is InChI=1S/C37H28FN5O4/c38-24-11-13-25(14-12-24)40-34(44)31(21-39)32-35(45)41-37(47)43(36(32)46)26-19-29-27(22-7-3-1-4-8-22)15-17-42-18-16-28(30(20-26)33(29)42)23-9-5-2-6-10-23/h1-14,19-20,27-28H,15-18H2,(H,40,44)(H,41,45,47)/b32-31+/t27-,28+. The molecule has 1 fully saturated rings. The third-order valence-corrected chi connectivity index (χ3v) is 9.02. The molecule has 0 radical (unpaired) electrons. The fourth-order valence-corrected chi connectivity index (χ4v) is 6.89. The molecule has 0 saturated carbocycles. The second-order valence-electron chi connectivity index (χ2n) is 11.7. The lowest BCUT2D eigenvalue weighted by Crippen LogP contribution is -2.55. The molecule has 2 atom stereocenters. The van der Waals surface area contributed by atoms with E-state index in [1.54, 1.807) is 6.07 Å². The molecule has 4 aromatic carbocycles. The Hall–Kier alpha value is -6.08. The van der Waals surface area contributed by atoms with E-state index in [0.29, 0.717) is 0 Å². The molecule has 3 aliphatic rings. The molecule has 0 unspecified atom stereocenters. The van der Waals surface area contributed by atoms with Gasteiger partial charge in [0.05, 0.1) is 5.69 Å². The van der Waals surface area contributed by atoms with Crippen LogP contribution in [0, 0.1) is 17.1 Å². The quantitative estimate of drug-likeness (QED) is 0.166. The minimum absolute atomic E-state index is 0.0218. The van der Waals surface area contributed by atoms with Crippen LogP contribution < -0.4 is 20.4 Å². The number of halogens is 1. The van der Waals surface area contributed by atoms with Gasteiger partial charge in [0.15, 0.2) is 0 Å². The number of amides is 5. The van der Waals surface area contributed by atoms with Crippen LogP contribution in [0.5, 0.6) is 0 Å². The summed E-state index contributed by atoms with van der Waals surface area (Å²) in [6.45, 7) is 1.69. The summed E-state index contributed by atoms with van der Waals surface area (Å²) in [6.07, 6.45) is 1.64. The summed E-state index contributed by atoms with van der Waals surface area (Å²) in [5.74, 6) is -3.87. The Morgan fingerprint density at radius 1 is 0.830 bits per heavy atom. The molecular weight excluding hydrogens is 597 g/mol. The van der Waals surface area contributed by atoms with Crippen molar-refractivity contribution in [2.75, 3.05) is 28.2 Å². The van der Waals surface area contributed by atoms with Gasteiger partial charge in [0, 0.05) is 36.3 Å². The van der Waals surface area contributed by atoms with Gasteiger partial charge in [0.25, 0.3) is 17.7 Å². The Bertz CT molecular complexity index is 1930. The highest BCUT2D eigenvalue weighted by atomic mass is 19.1. The third kappa shape index (κ3) is 5.32. The molecule has 0 bridgehead atoms. The molecule has 0 spiro atoms. The van der Waals surface area contributed by atoms with Crippen LogP contribution in [-0.4, -0.2) is 36.8 Å². The molecule has 3 aliphatic heterocycles. The van der Waals surface area contributed by atoms with Gasteiger partial charge >= 0.3 is 6.03 Å². The molecule has 0 aliphatic carbocycles. The van der Waals surface area contributed by atoms with Crippen molar-refractivity contribution in [3.05, 3.63) is 136 Å². The van der Waals surface area contributed by atoms with E-state index in [1.807, 2.05) is 48.5 Å². The van der Waals surface area contributed by atoms with E-state index in [1.165, 1.54) is 12.1 Å². The van der Waals surface area contributed by atoms with E-state index >= 15 is 0 Å². The Morgan fingerprint density at radius 2 is 1.38 bits per heavy atom. The summed E-state index contributed by atoms with van der Waals surface area (Å²) >= 11 is 0. The monoisotopic (exact) mass is 625 g/mol. The van der Waals surface area contributed by atoms with Crippen molar-refractivity contribution in [1.82, 2.24) is 5.32 Å². The Morgan fingerprint density at radius 3 is 1.91 bits per heavy atom. The van der Waals surface area contributed by atoms with E-state index in [0.717, 1.165) is 70.9 Å². The molecule has 10 heteroatoms. The molecule has 2 N–H and O–H groups in total. The maximum Gasteiger partial charge on any atom is 0.335 e. The first-order chi connectivity index (χ1) is 22.8. The number of hydrogen-bond donors (Lipinski definition) is 2. The van der Waals surface area contributed by atoms with Gasteiger partial charge in [-0.1, -0.05) is 60.7 Å². The number of imide groups is 2. The van der Waals surface area contributed by atoms with E-state index < -0.39 is 40.7 Å². The van der Waals surface area contributed by atoms with Gasteiger partial charge in [0.2, 0.25) is 0 Å². The fraction of sp³-hybridized carbons (Fsp3) is 0.162. The minimum atomic E-state index is -1.16. The zero-order valence-electron chi connectivity index (χ0n) is 25.1. The topological polar surface area (TPSA) is 123 Å². The Labute approximate surface area is 269 Å². The number of carbonyl (C=O) groups excluding carboxylic acids is 4. The Balaban J connectivity index is 1.36. The number of nitrogens with zero attached hydrogens (tertiary/aromatic N) is 3. The lowest BCUT2D eigenvalue weighted by atomic mass is 9.76. The van der Waals surface area contributed by atoms with E-state index in [9.17, 15) is 28.8 Å². The van der Waals surface area contributed by atoms with Crippen molar-refractivity contribution < 1.29 is 23.6 Å². The molecule has 7 rings (SSSR count). The van der Waals surface area contributed by atoms with Crippen molar-refractivity contribution in [3.63, 3.8) is 0 Å². The van der Waals surface area contributed by atoms with E-state index in [4.69, 9.17) is 0 Å². The van der Waals surface area contributed by atoms with E-state index in [2.05, 4.69) is 39.8 Å². The Kier molecular flexibility index (Phi) is 7.58. The molecule has 1 saturated heterocycles. The summed E-state index contributed by atoms with van der Waals surface area (Å²) < 4.78 is 13.4. The van der Waals surface area contributed by atoms with Gasteiger partial charge in [-0.2, -0.15) is 5.26 Å². The van der Waals surface area contributed by atoms with Crippen LogP contribution in [0.25, 0.3) is 0 Å². The van der Waals surface area contributed by atoms with Gasteiger partial charge in [-0.3, -0.25) is 19.7 Å². The van der Waals surface area contributed by atoms with Crippen LogP contribution in [0.4, 0.5) is 26.2 Å². The van der Waals surface area contributed by atoms with E-state index in [-0.39, 0.29) is 23.2 Å². The lowest BCUT2D eigenvalue weighted by molar-refractivity contribution is -0.123. The van der Waals surface area contributed by atoms with Crippen LogP contribution in [0.2, 0.25) is 0 Å². The van der Waals surface area contributed by atoms with Crippen molar-refractivity contribution in [2.45, 2.75) is 24.7 Å². The zero-order chi connectivity index (χ0) is 32.7. The largest absolute Gasteiger partial charge is 0.371 e. The van der Waals surface area contributed by atoms with Crippen LogP contribution in [0.15, 0.2) is 108 Å². The van der Waals surface area contributed by atoms with Crippen molar-refractivity contribution in [3.8, 4) is 6.07 Å². The number of benzene rings is 4. The molecule has 47 heavy (non-hydrogen) atoms. The molecule has 0 aromatic heterocycles. The van der Waals surface area contributed by atoms with Gasteiger partial charge in [-0.05, 0) is 71.5 Å². The molecule has 3 heterocycles. The second kappa shape index (κ2) is 12.0. The van der Waals surface area contributed by atoms with Gasteiger partial charge < -0.3 is 10.2 Å². The summed E-state index contributed by atoms with van der Waals surface area (Å²) in [7, 11) is 0. The fourth-order valence-electron chi connectivity index (χ4n) is 6.89.